The molecule has 0 saturated heterocycles. The molecule has 4 N–H and O–H groups in total. The highest BCUT2D eigenvalue weighted by atomic mass is 35.5. The zero-order chi connectivity index (χ0) is 15.9. The molecule has 2 aromatic carbocycles. The second-order valence-electron chi connectivity index (χ2n) is 4.54. The molecule has 1 heterocycles. The van der Waals surface area contributed by atoms with E-state index in [1.807, 2.05) is 0 Å². The van der Waals surface area contributed by atoms with Crippen LogP contribution in [-0.4, -0.2) is 15.9 Å². The van der Waals surface area contributed by atoms with Gasteiger partial charge in [0.15, 0.2) is 0 Å². The first-order valence-electron chi connectivity index (χ1n) is 6.15. The van der Waals surface area contributed by atoms with Crippen LogP contribution in [0.15, 0.2) is 30.3 Å². The summed E-state index contributed by atoms with van der Waals surface area (Å²) >= 11 is 18.1. The monoisotopic (exact) mass is 354 g/mol. The highest BCUT2D eigenvalue weighted by Gasteiger charge is 2.13. The number of aromatic nitrogens is 2. The number of fused-ring (bicyclic) bond motifs is 1. The molecule has 8 heteroatoms. The van der Waals surface area contributed by atoms with Crippen LogP contribution in [0, 0.1) is 0 Å². The minimum atomic E-state index is -0.436. The highest BCUT2D eigenvalue weighted by molar-refractivity contribution is 6.42. The molecule has 0 unspecified atom stereocenters. The van der Waals surface area contributed by atoms with Gasteiger partial charge in [-0.05, 0) is 30.3 Å². The maximum atomic E-state index is 11.6. The van der Waals surface area contributed by atoms with Crippen LogP contribution in [-0.2, 0) is 0 Å². The molecule has 0 bridgehead atoms. The Morgan fingerprint density at radius 1 is 1.09 bits per heavy atom. The number of rotatable bonds is 2. The van der Waals surface area contributed by atoms with Crippen LogP contribution in [0.1, 0.15) is 10.4 Å². The van der Waals surface area contributed by atoms with E-state index >= 15 is 0 Å². The summed E-state index contributed by atoms with van der Waals surface area (Å²) in [5, 5.41) is 1.23. The predicted molar refractivity (Wildman–Crippen MR) is 88.2 cm³/mol. The summed E-state index contributed by atoms with van der Waals surface area (Å²) in [4.78, 5) is 19.1. The number of aromatic amines is 1. The normalized spacial score (nSPS) is 10.9. The number of nitrogens with zero attached hydrogens (tertiary/aromatic N) is 1. The number of benzene rings is 2. The number of halogens is 3. The van der Waals surface area contributed by atoms with Gasteiger partial charge in [0, 0.05) is 11.1 Å². The Labute approximate surface area is 140 Å². The van der Waals surface area contributed by atoms with E-state index < -0.39 is 5.91 Å². The molecule has 1 amide bonds. The number of amides is 1. The van der Waals surface area contributed by atoms with Gasteiger partial charge < -0.3 is 4.98 Å². The van der Waals surface area contributed by atoms with Gasteiger partial charge in [0.05, 0.1) is 20.6 Å². The lowest BCUT2D eigenvalue weighted by atomic mass is 10.2. The third-order valence-electron chi connectivity index (χ3n) is 3.13. The molecule has 0 aliphatic rings. The average molecular weight is 356 g/mol. The number of carbonyl (C=O) groups excluding carboxylic acids is 1. The Bertz CT molecular complexity index is 891. The molecule has 0 aliphatic carbocycles. The van der Waals surface area contributed by atoms with Crippen LogP contribution < -0.4 is 11.3 Å². The van der Waals surface area contributed by atoms with Crippen LogP contribution in [0.2, 0.25) is 15.1 Å². The van der Waals surface area contributed by atoms with Gasteiger partial charge in [-0.25, -0.2) is 10.8 Å². The Hall–Kier alpha value is -1.79. The van der Waals surface area contributed by atoms with Crippen LogP contribution in [0.25, 0.3) is 22.4 Å². The first-order chi connectivity index (χ1) is 10.5. The molecule has 112 valence electrons. The number of hydrazine groups is 1. The topological polar surface area (TPSA) is 83.8 Å². The van der Waals surface area contributed by atoms with Crippen molar-refractivity contribution in [1.29, 1.82) is 0 Å². The van der Waals surface area contributed by atoms with Crippen molar-refractivity contribution in [3.8, 4) is 11.4 Å². The van der Waals surface area contributed by atoms with Gasteiger partial charge in [0.25, 0.3) is 5.91 Å². The molecule has 0 radical (unpaired) electrons. The summed E-state index contributed by atoms with van der Waals surface area (Å²) in [6.45, 7) is 0. The molecule has 1 aromatic heterocycles. The van der Waals surface area contributed by atoms with E-state index in [4.69, 9.17) is 40.6 Å². The van der Waals surface area contributed by atoms with Crippen LogP contribution in [0.3, 0.4) is 0 Å². The number of imidazole rings is 1. The van der Waals surface area contributed by atoms with Gasteiger partial charge in [-0.2, -0.15) is 0 Å². The second-order valence-corrected chi connectivity index (χ2v) is 5.76. The number of H-pyrrole nitrogens is 1. The number of carbonyl (C=O) groups is 1. The molecule has 22 heavy (non-hydrogen) atoms. The van der Waals surface area contributed by atoms with Gasteiger partial charge in [-0.1, -0.05) is 34.8 Å². The van der Waals surface area contributed by atoms with Gasteiger partial charge in [0.2, 0.25) is 0 Å². The van der Waals surface area contributed by atoms with Crippen molar-refractivity contribution in [2.45, 2.75) is 0 Å². The zero-order valence-corrected chi connectivity index (χ0v) is 13.2. The van der Waals surface area contributed by atoms with Crippen molar-refractivity contribution in [2.24, 2.45) is 5.84 Å². The molecular formula is C14H9Cl3N4O. The first-order valence-corrected chi connectivity index (χ1v) is 7.28. The predicted octanol–water partition coefficient (Wildman–Crippen LogP) is 3.79. The maximum Gasteiger partial charge on any atom is 0.265 e. The minimum absolute atomic E-state index is 0.337. The molecule has 0 saturated carbocycles. The summed E-state index contributed by atoms with van der Waals surface area (Å²) in [7, 11) is 0. The Balaban J connectivity index is 2.15. The Morgan fingerprint density at radius 2 is 1.86 bits per heavy atom. The Kier molecular flexibility index (Phi) is 3.97. The smallest absolute Gasteiger partial charge is 0.265 e. The fourth-order valence-corrected chi connectivity index (χ4v) is 2.63. The largest absolute Gasteiger partial charge is 0.338 e. The van der Waals surface area contributed by atoms with E-state index in [0.29, 0.717) is 37.5 Å². The molecule has 3 rings (SSSR count). The third kappa shape index (κ3) is 2.64. The lowest BCUT2D eigenvalue weighted by molar-refractivity contribution is 0.0954. The van der Waals surface area contributed by atoms with E-state index in [1.165, 1.54) is 6.07 Å². The average Bonchev–Trinajstić information content (AvgIpc) is 2.93. The maximum absolute atomic E-state index is 11.6. The third-order valence-corrected chi connectivity index (χ3v) is 4.15. The van der Waals surface area contributed by atoms with Gasteiger partial charge in [0.1, 0.15) is 11.3 Å². The van der Waals surface area contributed by atoms with E-state index in [0.717, 1.165) is 5.56 Å². The fraction of sp³-hybridized carbons (Fsp3) is 0. The fourth-order valence-electron chi connectivity index (χ4n) is 2.07. The standard InChI is InChI=1S/C14H9Cl3N4O/c15-8-2-1-6(3-9(8)16)13-19-11-5-7(14(22)21-18)4-10(17)12(11)20-13/h1-5H,18H2,(H,19,20)(H,21,22). The Morgan fingerprint density at radius 3 is 2.55 bits per heavy atom. The van der Waals surface area contributed by atoms with Crippen molar-refractivity contribution >= 4 is 51.7 Å². The number of nitrogen functional groups attached to an aromatic ring is 1. The van der Waals surface area contributed by atoms with Crippen LogP contribution in [0.4, 0.5) is 0 Å². The summed E-state index contributed by atoms with van der Waals surface area (Å²) in [5.74, 6) is 5.26. The lowest BCUT2D eigenvalue weighted by Crippen LogP contribution is -2.29. The van der Waals surface area contributed by atoms with E-state index in [2.05, 4.69) is 15.4 Å². The summed E-state index contributed by atoms with van der Waals surface area (Å²) < 4.78 is 0. The SMILES string of the molecule is NNC(=O)c1cc(Cl)c2nc(-c3ccc(Cl)c(Cl)c3)[nH]c2c1. The van der Waals surface area contributed by atoms with Gasteiger partial charge in [-0.3, -0.25) is 10.2 Å². The van der Waals surface area contributed by atoms with E-state index in [9.17, 15) is 4.79 Å². The number of nitrogens with one attached hydrogen (secondary N) is 2. The van der Waals surface area contributed by atoms with E-state index in [1.54, 1.807) is 24.3 Å². The van der Waals surface area contributed by atoms with Crippen molar-refractivity contribution in [2.75, 3.05) is 0 Å². The molecular weight excluding hydrogens is 347 g/mol. The summed E-state index contributed by atoms with van der Waals surface area (Å²) in [6.07, 6.45) is 0. The molecule has 0 atom stereocenters. The highest BCUT2D eigenvalue weighted by Crippen LogP contribution is 2.30. The summed E-state index contributed by atoms with van der Waals surface area (Å²) in [5.41, 5.74) is 4.32. The lowest BCUT2D eigenvalue weighted by Gasteiger charge is -2.00. The molecule has 0 aliphatic heterocycles. The first kappa shape index (κ1) is 15.1. The summed E-state index contributed by atoms with van der Waals surface area (Å²) in [6, 6.07) is 8.29. The van der Waals surface area contributed by atoms with Gasteiger partial charge in [-0.15, -0.1) is 0 Å². The zero-order valence-electron chi connectivity index (χ0n) is 11.0. The van der Waals surface area contributed by atoms with Gasteiger partial charge >= 0.3 is 0 Å². The molecule has 5 nitrogen and oxygen atoms in total. The minimum Gasteiger partial charge on any atom is -0.338 e. The van der Waals surface area contributed by atoms with Crippen molar-refractivity contribution in [1.82, 2.24) is 15.4 Å². The van der Waals surface area contributed by atoms with Crippen LogP contribution in [0.5, 0.6) is 0 Å². The van der Waals surface area contributed by atoms with Crippen LogP contribution >= 0.6 is 34.8 Å². The van der Waals surface area contributed by atoms with Crippen molar-refractivity contribution in [3.63, 3.8) is 0 Å². The second kappa shape index (κ2) is 5.78. The molecule has 3 aromatic rings. The molecule has 0 spiro atoms. The number of nitrogens with two attached hydrogens (primary N) is 1. The van der Waals surface area contributed by atoms with Crippen molar-refractivity contribution < 1.29 is 4.79 Å². The number of hydrogen-bond donors (Lipinski definition) is 3. The molecule has 0 fully saturated rings. The quantitative estimate of drug-likeness (QED) is 0.371. The van der Waals surface area contributed by atoms with Crippen molar-refractivity contribution in [3.05, 3.63) is 51.0 Å². The number of hydrogen-bond acceptors (Lipinski definition) is 3. The van der Waals surface area contributed by atoms with E-state index in [-0.39, 0.29) is 0 Å².